The van der Waals surface area contributed by atoms with Crippen molar-refractivity contribution < 1.29 is 14.3 Å². The van der Waals surface area contributed by atoms with Crippen molar-refractivity contribution in [3.05, 3.63) is 54.1 Å². The second-order valence-electron chi connectivity index (χ2n) is 6.43. The van der Waals surface area contributed by atoms with Crippen LogP contribution in [0.15, 0.2) is 48.5 Å². The lowest BCUT2D eigenvalue weighted by molar-refractivity contribution is -0.153. The lowest BCUT2D eigenvalue weighted by atomic mass is 10.0. The first-order chi connectivity index (χ1) is 11.5. The molecule has 128 valence electrons. The lowest BCUT2D eigenvalue weighted by Crippen LogP contribution is -2.29. The quantitative estimate of drug-likeness (QED) is 0.670. The minimum atomic E-state index is -0.561. The molecule has 0 aliphatic heterocycles. The van der Waals surface area contributed by atoms with Gasteiger partial charge in [-0.2, -0.15) is 0 Å². The molecule has 0 bridgehead atoms. The molecule has 2 aromatic carbocycles. The highest BCUT2D eigenvalue weighted by molar-refractivity contribution is 5.75. The zero-order valence-electron chi connectivity index (χ0n) is 14.9. The van der Waals surface area contributed by atoms with Crippen molar-refractivity contribution in [1.29, 1.82) is 0 Å². The van der Waals surface area contributed by atoms with Crippen LogP contribution in [0.1, 0.15) is 32.8 Å². The van der Waals surface area contributed by atoms with E-state index in [1.165, 1.54) is 5.56 Å². The van der Waals surface area contributed by atoms with Crippen molar-refractivity contribution in [2.45, 2.75) is 40.2 Å². The van der Waals surface area contributed by atoms with E-state index in [1.54, 1.807) is 0 Å². The molecular weight excluding hydrogens is 300 g/mol. The molecule has 0 unspecified atom stereocenters. The highest BCUT2D eigenvalue weighted by Crippen LogP contribution is 2.23. The average Bonchev–Trinajstić information content (AvgIpc) is 2.59. The van der Waals surface area contributed by atoms with Crippen LogP contribution < -0.4 is 4.74 Å². The summed E-state index contributed by atoms with van der Waals surface area (Å²) in [7, 11) is 0. The normalized spacial score (nSPS) is 12.0. The standard InChI is InChI=1S/C21H26O3/c1-5-20(21(22)23-14-15(2)3)24-19-12-10-18(11-13-19)17-8-6-16(4)7-9-17/h6-13,15,20H,5,14H2,1-4H3/t20-/m0/s1. The Morgan fingerprint density at radius 3 is 2.00 bits per heavy atom. The Bertz CT molecular complexity index is 642. The van der Waals surface area contributed by atoms with Crippen molar-refractivity contribution in [2.24, 2.45) is 5.92 Å². The summed E-state index contributed by atoms with van der Waals surface area (Å²) in [5.74, 6) is 0.702. The molecule has 24 heavy (non-hydrogen) atoms. The topological polar surface area (TPSA) is 35.5 Å². The summed E-state index contributed by atoms with van der Waals surface area (Å²) in [5.41, 5.74) is 3.53. The minimum Gasteiger partial charge on any atom is -0.479 e. The second-order valence-corrected chi connectivity index (χ2v) is 6.43. The number of benzene rings is 2. The van der Waals surface area contributed by atoms with Crippen molar-refractivity contribution in [3.63, 3.8) is 0 Å². The largest absolute Gasteiger partial charge is 0.479 e. The molecule has 3 nitrogen and oxygen atoms in total. The van der Waals surface area contributed by atoms with Gasteiger partial charge in [0.15, 0.2) is 6.10 Å². The molecule has 0 aliphatic rings. The summed E-state index contributed by atoms with van der Waals surface area (Å²) < 4.78 is 11.1. The van der Waals surface area contributed by atoms with Crippen LogP contribution in [0.4, 0.5) is 0 Å². The number of ether oxygens (including phenoxy) is 2. The first-order valence-corrected chi connectivity index (χ1v) is 8.50. The average molecular weight is 326 g/mol. The van der Waals surface area contributed by atoms with Gasteiger partial charge in [-0.25, -0.2) is 4.79 Å². The second kappa shape index (κ2) is 8.53. The maximum Gasteiger partial charge on any atom is 0.347 e. The van der Waals surface area contributed by atoms with Crippen molar-refractivity contribution in [2.75, 3.05) is 6.61 Å². The Hall–Kier alpha value is -2.29. The van der Waals surface area contributed by atoms with E-state index in [2.05, 4.69) is 31.2 Å². The number of esters is 1. The van der Waals surface area contributed by atoms with Gasteiger partial charge in [-0.05, 0) is 42.5 Å². The SMILES string of the molecule is CC[C@H](Oc1ccc(-c2ccc(C)cc2)cc1)C(=O)OCC(C)C. The summed E-state index contributed by atoms with van der Waals surface area (Å²) in [6.45, 7) is 8.44. The van der Waals surface area contributed by atoms with Gasteiger partial charge < -0.3 is 9.47 Å². The first-order valence-electron chi connectivity index (χ1n) is 8.50. The summed E-state index contributed by atoms with van der Waals surface area (Å²) in [6, 6.07) is 16.2. The highest BCUT2D eigenvalue weighted by atomic mass is 16.6. The van der Waals surface area contributed by atoms with Crippen LogP contribution in [0, 0.1) is 12.8 Å². The zero-order chi connectivity index (χ0) is 17.5. The van der Waals surface area contributed by atoms with Gasteiger partial charge in [-0.15, -0.1) is 0 Å². The molecule has 0 radical (unpaired) electrons. The van der Waals surface area contributed by atoms with Crippen LogP contribution in [-0.4, -0.2) is 18.7 Å². The Morgan fingerprint density at radius 1 is 0.958 bits per heavy atom. The predicted octanol–water partition coefficient (Wildman–Crippen LogP) is 5.02. The van der Waals surface area contributed by atoms with E-state index in [1.807, 2.05) is 45.0 Å². The Morgan fingerprint density at radius 2 is 1.50 bits per heavy atom. The molecule has 0 N–H and O–H groups in total. The first kappa shape index (κ1) is 18.1. The molecule has 2 rings (SSSR count). The van der Waals surface area contributed by atoms with E-state index in [0.717, 1.165) is 11.1 Å². The molecule has 0 amide bonds. The molecule has 2 aromatic rings. The third-order valence-electron chi connectivity index (χ3n) is 3.71. The van der Waals surface area contributed by atoms with Crippen molar-refractivity contribution in [1.82, 2.24) is 0 Å². The van der Waals surface area contributed by atoms with Crippen LogP contribution >= 0.6 is 0 Å². The maximum atomic E-state index is 12.1. The van der Waals surface area contributed by atoms with Crippen LogP contribution in [0.2, 0.25) is 0 Å². The summed E-state index contributed by atoms with van der Waals surface area (Å²) >= 11 is 0. The van der Waals surface area contributed by atoms with Crippen LogP contribution in [0.5, 0.6) is 5.75 Å². The fourth-order valence-electron chi connectivity index (χ4n) is 2.28. The molecule has 0 fully saturated rings. The molecule has 0 heterocycles. The number of hydrogen-bond donors (Lipinski definition) is 0. The highest BCUT2D eigenvalue weighted by Gasteiger charge is 2.20. The number of carbonyl (C=O) groups is 1. The predicted molar refractivity (Wildman–Crippen MR) is 97.1 cm³/mol. The Balaban J connectivity index is 2.01. The van der Waals surface area contributed by atoms with E-state index < -0.39 is 6.10 Å². The number of carbonyl (C=O) groups excluding carboxylic acids is 1. The van der Waals surface area contributed by atoms with Crippen molar-refractivity contribution in [3.8, 4) is 16.9 Å². The third-order valence-corrected chi connectivity index (χ3v) is 3.71. The lowest BCUT2D eigenvalue weighted by Gasteiger charge is -2.17. The van der Waals surface area contributed by atoms with Crippen LogP contribution in [0.25, 0.3) is 11.1 Å². The van der Waals surface area contributed by atoms with Gasteiger partial charge in [0.2, 0.25) is 0 Å². The fourth-order valence-corrected chi connectivity index (χ4v) is 2.28. The smallest absolute Gasteiger partial charge is 0.347 e. The van der Waals surface area contributed by atoms with E-state index in [0.29, 0.717) is 24.7 Å². The van der Waals surface area contributed by atoms with Crippen LogP contribution in [-0.2, 0) is 9.53 Å². The Labute approximate surface area is 144 Å². The van der Waals surface area contributed by atoms with Gasteiger partial charge >= 0.3 is 5.97 Å². The number of rotatable bonds is 7. The third kappa shape index (κ3) is 5.12. The molecule has 0 spiro atoms. The van der Waals surface area contributed by atoms with E-state index in [9.17, 15) is 4.79 Å². The van der Waals surface area contributed by atoms with Gasteiger partial charge in [0.25, 0.3) is 0 Å². The fraction of sp³-hybridized carbons (Fsp3) is 0.381. The summed E-state index contributed by atoms with van der Waals surface area (Å²) in [5, 5.41) is 0. The number of hydrogen-bond acceptors (Lipinski definition) is 3. The molecule has 0 saturated heterocycles. The molecule has 1 atom stereocenters. The van der Waals surface area contributed by atoms with E-state index in [4.69, 9.17) is 9.47 Å². The molecular formula is C21H26O3. The van der Waals surface area contributed by atoms with E-state index >= 15 is 0 Å². The molecule has 3 heteroatoms. The van der Waals surface area contributed by atoms with E-state index in [-0.39, 0.29) is 5.97 Å². The maximum absolute atomic E-state index is 12.1. The van der Waals surface area contributed by atoms with Gasteiger partial charge in [0, 0.05) is 0 Å². The summed E-state index contributed by atoms with van der Waals surface area (Å²) in [4.78, 5) is 12.1. The van der Waals surface area contributed by atoms with Gasteiger partial charge in [0.05, 0.1) is 6.61 Å². The molecule has 0 saturated carbocycles. The Kier molecular flexibility index (Phi) is 6.42. The van der Waals surface area contributed by atoms with Gasteiger partial charge in [0.1, 0.15) is 5.75 Å². The zero-order valence-corrected chi connectivity index (χ0v) is 14.9. The van der Waals surface area contributed by atoms with Gasteiger partial charge in [-0.3, -0.25) is 0 Å². The summed E-state index contributed by atoms with van der Waals surface area (Å²) in [6.07, 6.45) is 0.0189. The minimum absolute atomic E-state index is 0.297. The molecule has 0 aromatic heterocycles. The number of aryl methyl sites for hydroxylation is 1. The monoisotopic (exact) mass is 326 g/mol. The van der Waals surface area contributed by atoms with Crippen LogP contribution in [0.3, 0.4) is 0 Å². The molecule has 0 aliphatic carbocycles. The van der Waals surface area contributed by atoms with Gasteiger partial charge in [-0.1, -0.05) is 62.7 Å². The van der Waals surface area contributed by atoms with Crippen molar-refractivity contribution >= 4 is 5.97 Å².